The Labute approximate surface area is 103 Å². The van der Waals surface area contributed by atoms with E-state index in [0.717, 1.165) is 25.3 Å². The first-order chi connectivity index (χ1) is 8.12. The maximum Gasteiger partial charge on any atom is 0.310 e. The average molecular weight is 240 g/mol. The molecule has 98 valence electrons. The van der Waals surface area contributed by atoms with E-state index in [9.17, 15) is 4.79 Å². The normalized spacial score (nSPS) is 27.9. The summed E-state index contributed by atoms with van der Waals surface area (Å²) in [4.78, 5) is 13.4. The summed E-state index contributed by atoms with van der Waals surface area (Å²) < 4.78 is 0. The molecule has 1 atom stereocenters. The molecule has 0 aromatic rings. The Kier molecular flexibility index (Phi) is 4.05. The van der Waals surface area contributed by atoms with E-state index in [1.807, 2.05) is 0 Å². The molecule has 0 amide bonds. The monoisotopic (exact) mass is 240 g/mol. The molecule has 2 fully saturated rings. The largest absolute Gasteiger partial charge is 0.481 e. The van der Waals surface area contributed by atoms with E-state index >= 15 is 0 Å². The van der Waals surface area contributed by atoms with Crippen LogP contribution < -0.4 is 5.32 Å². The Balaban J connectivity index is 1.58. The fourth-order valence-corrected chi connectivity index (χ4v) is 2.76. The number of piperidine rings is 1. The lowest BCUT2D eigenvalue weighted by molar-refractivity contribution is -0.143. The lowest BCUT2D eigenvalue weighted by Gasteiger charge is -2.29. The zero-order valence-corrected chi connectivity index (χ0v) is 10.7. The average Bonchev–Trinajstić information content (AvgIpc) is 3.06. The van der Waals surface area contributed by atoms with Gasteiger partial charge in [0.25, 0.3) is 0 Å². The van der Waals surface area contributed by atoms with Gasteiger partial charge in [0.15, 0.2) is 0 Å². The van der Waals surface area contributed by atoms with E-state index in [4.69, 9.17) is 5.11 Å². The van der Waals surface area contributed by atoms with Gasteiger partial charge >= 0.3 is 5.97 Å². The summed E-state index contributed by atoms with van der Waals surface area (Å²) in [6, 6.07) is 0. The minimum Gasteiger partial charge on any atom is -0.481 e. The van der Waals surface area contributed by atoms with Crippen LogP contribution in [0.15, 0.2) is 0 Å². The van der Waals surface area contributed by atoms with Crippen LogP contribution >= 0.6 is 0 Å². The van der Waals surface area contributed by atoms with Crippen LogP contribution in [0.2, 0.25) is 0 Å². The van der Waals surface area contributed by atoms with Crippen molar-refractivity contribution in [3.05, 3.63) is 0 Å². The van der Waals surface area contributed by atoms with Crippen LogP contribution in [0.25, 0.3) is 0 Å². The summed E-state index contributed by atoms with van der Waals surface area (Å²) in [5, 5.41) is 12.4. The number of nitrogens with one attached hydrogen (secondary N) is 1. The van der Waals surface area contributed by atoms with E-state index in [1.54, 1.807) is 0 Å². The third-order valence-corrected chi connectivity index (χ3v) is 4.22. The van der Waals surface area contributed by atoms with Crippen LogP contribution in [0.5, 0.6) is 0 Å². The molecule has 1 aliphatic heterocycles. The first kappa shape index (κ1) is 12.8. The van der Waals surface area contributed by atoms with E-state index in [1.165, 1.54) is 32.4 Å². The molecule has 4 nitrogen and oxygen atoms in total. The number of carboxylic acids is 1. The van der Waals surface area contributed by atoms with Crippen molar-refractivity contribution >= 4 is 5.97 Å². The Bertz CT molecular complexity index is 277. The molecule has 0 radical (unpaired) electrons. The van der Waals surface area contributed by atoms with Gasteiger partial charge in [0.05, 0.1) is 5.41 Å². The van der Waals surface area contributed by atoms with Gasteiger partial charge in [-0.25, -0.2) is 0 Å². The van der Waals surface area contributed by atoms with Crippen molar-refractivity contribution in [1.29, 1.82) is 0 Å². The Morgan fingerprint density at radius 2 is 2.29 bits per heavy atom. The highest BCUT2D eigenvalue weighted by Crippen LogP contribution is 2.45. The first-order valence-corrected chi connectivity index (χ1v) is 6.75. The van der Waals surface area contributed by atoms with Gasteiger partial charge in [-0.15, -0.1) is 0 Å². The van der Waals surface area contributed by atoms with Crippen LogP contribution in [-0.2, 0) is 4.79 Å². The molecule has 0 bridgehead atoms. The van der Waals surface area contributed by atoms with Crippen LogP contribution in [0.3, 0.4) is 0 Å². The highest BCUT2D eigenvalue weighted by Gasteiger charge is 2.49. The summed E-state index contributed by atoms with van der Waals surface area (Å²) in [6.07, 6.45) is 5.51. The number of hydrogen-bond acceptors (Lipinski definition) is 3. The van der Waals surface area contributed by atoms with Gasteiger partial charge in [-0.05, 0) is 58.2 Å². The smallest absolute Gasteiger partial charge is 0.310 e. The fourth-order valence-electron chi connectivity index (χ4n) is 2.76. The molecule has 4 heteroatoms. The quantitative estimate of drug-likeness (QED) is 0.684. The highest BCUT2D eigenvalue weighted by atomic mass is 16.4. The van der Waals surface area contributed by atoms with Crippen molar-refractivity contribution in [3.63, 3.8) is 0 Å². The summed E-state index contributed by atoms with van der Waals surface area (Å²) in [7, 11) is 2.18. The van der Waals surface area contributed by atoms with Gasteiger partial charge < -0.3 is 15.3 Å². The van der Waals surface area contributed by atoms with Crippen molar-refractivity contribution in [3.8, 4) is 0 Å². The summed E-state index contributed by atoms with van der Waals surface area (Å²) in [5.74, 6) is 0.170. The first-order valence-electron chi connectivity index (χ1n) is 6.75. The van der Waals surface area contributed by atoms with Crippen LogP contribution in [0.4, 0.5) is 0 Å². The molecule has 1 heterocycles. The summed E-state index contributed by atoms with van der Waals surface area (Å²) >= 11 is 0. The minimum atomic E-state index is -0.623. The van der Waals surface area contributed by atoms with Gasteiger partial charge in [-0.3, -0.25) is 4.79 Å². The number of rotatable bonds is 6. The van der Waals surface area contributed by atoms with Gasteiger partial charge in [0.2, 0.25) is 0 Å². The van der Waals surface area contributed by atoms with Crippen molar-refractivity contribution in [2.45, 2.75) is 32.1 Å². The van der Waals surface area contributed by atoms with Crippen molar-refractivity contribution < 1.29 is 9.90 Å². The molecule has 2 aliphatic rings. The molecule has 1 saturated heterocycles. The third kappa shape index (κ3) is 3.42. The zero-order valence-electron chi connectivity index (χ0n) is 10.7. The second-order valence-corrected chi connectivity index (χ2v) is 5.82. The molecule has 1 aliphatic carbocycles. The number of carbonyl (C=O) groups is 1. The van der Waals surface area contributed by atoms with Gasteiger partial charge in [-0.1, -0.05) is 0 Å². The maximum atomic E-state index is 11.0. The highest BCUT2D eigenvalue weighted by molar-refractivity contribution is 5.78. The molecular formula is C13H24N2O2. The fraction of sp³-hybridized carbons (Fsp3) is 0.923. The van der Waals surface area contributed by atoms with E-state index in [0.29, 0.717) is 6.54 Å². The van der Waals surface area contributed by atoms with Crippen LogP contribution in [0.1, 0.15) is 32.1 Å². The molecule has 17 heavy (non-hydrogen) atoms. The third-order valence-electron chi connectivity index (χ3n) is 4.22. The zero-order chi connectivity index (χ0) is 12.3. The van der Waals surface area contributed by atoms with Crippen molar-refractivity contribution in [1.82, 2.24) is 10.2 Å². The predicted molar refractivity (Wildman–Crippen MR) is 67.0 cm³/mol. The topological polar surface area (TPSA) is 52.6 Å². The maximum absolute atomic E-state index is 11.0. The lowest BCUT2D eigenvalue weighted by Crippen LogP contribution is -2.35. The number of hydrogen-bond donors (Lipinski definition) is 2. The SMILES string of the molecule is CN1CCCC(CCNCC2(C(=O)O)CC2)C1. The van der Waals surface area contributed by atoms with E-state index in [2.05, 4.69) is 17.3 Å². The Hall–Kier alpha value is -0.610. The van der Waals surface area contributed by atoms with Crippen molar-refractivity contribution in [2.75, 3.05) is 33.2 Å². The second kappa shape index (κ2) is 5.36. The van der Waals surface area contributed by atoms with E-state index in [-0.39, 0.29) is 0 Å². The summed E-state index contributed by atoms with van der Waals surface area (Å²) in [6.45, 7) is 4.05. The molecular weight excluding hydrogens is 216 g/mol. The molecule has 1 unspecified atom stereocenters. The molecule has 0 aromatic carbocycles. The Morgan fingerprint density at radius 1 is 1.53 bits per heavy atom. The molecule has 2 rings (SSSR count). The van der Waals surface area contributed by atoms with Crippen LogP contribution in [-0.4, -0.2) is 49.2 Å². The number of carboxylic acid groups (broad SMARTS) is 1. The molecule has 2 N–H and O–H groups in total. The van der Waals surface area contributed by atoms with Crippen molar-refractivity contribution in [2.24, 2.45) is 11.3 Å². The Morgan fingerprint density at radius 3 is 2.88 bits per heavy atom. The van der Waals surface area contributed by atoms with Crippen LogP contribution in [0, 0.1) is 11.3 Å². The summed E-state index contributed by atoms with van der Waals surface area (Å²) in [5.41, 5.74) is -0.413. The molecule has 0 spiro atoms. The lowest BCUT2D eigenvalue weighted by atomic mass is 9.95. The predicted octanol–water partition coefficient (Wildman–Crippen LogP) is 1.17. The van der Waals surface area contributed by atoms with E-state index < -0.39 is 11.4 Å². The second-order valence-electron chi connectivity index (χ2n) is 5.82. The standard InChI is InChI=1S/C13H24N2O2/c1-15-8-2-3-11(9-15)4-7-14-10-13(5-6-13)12(16)17/h11,14H,2-10H2,1H3,(H,16,17). The van der Waals surface area contributed by atoms with Gasteiger partial charge in [0.1, 0.15) is 0 Å². The van der Waals surface area contributed by atoms with Gasteiger partial charge in [-0.2, -0.15) is 0 Å². The molecule has 0 aromatic heterocycles. The number of aliphatic carboxylic acids is 1. The van der Waals surface area contributed by atoms with Gasteiger partial charge in [0, 0.05) is 13.1 Å². The number of nitrogens with zero attached hydrogens (tertiary/aromatic N) is 1. The number of likely N-dealkylation sites (tertiary alicyclic amines) is 1. The minimum absolute atomic E-state index is 0.413. The molecule has 1 saturated carbocycles.